The summed E-state index contributed by atoms with van der Waals surface area (Å²) in [7, 11) is 1.32. The molecule has 6 rings (SSSR count). The zero-order chi connectivity index (χ0) is 27.9. The van der Waals surface area contributed by atoms with E-state index in [4.69, 9.17) is 11.6 Å². The maximum Gasteiger partial charge on any atom is 0.435 e. The van der Waals surface area contributed by atoms with E-state index >= 15 is 0 Å². The van der Waals surface area contributed by atoms with Gasteiger partial charge in [-0.25, -0.2) is 13.8 Å². The fraction of sp³-hybridized carbons (Fsp3) is 0.417. The topological polar surface area (TPSA) is 106 Å². The van der Waals surface area contributed by atoms with Gasteiger partial charge in [-0.15, -0.1) is 0 Å². The number of rotatable bonds is 6. The molecule has 1 aromatic carbocycles. The molecule has 3 N–H and O–H groups in total. The third-order valence-corrected chi connectivity index (χ3v) is 7.75. The fourth-order valence-corrected chi connectivity index (χ4v) is 5.40. The van der Waals surface area contributed by atoms with Crippen LogP contribution in [0.4, 0.5) is 27.6 Å². The summed E-state index contributed by atoms with van der Waals surface area (Å²) in [6, 6.07) is 2.97. The Morgan fingerprint density at radius 2 is 1.87 bits per heavy atom. The Kier molecular flexibility index (Phi) is 5.77. The molecule has 39 heavy (non-hydrogen) atoms. The highest BCUT2D eigenvalue weighted by atomic mass is 35.5. The van der Waals surface area contributed by atoms with Gasteiger partial charge in [-0.3, -0.25) is 14.3 Å². The third kappa shape index (κ3) is 4.54. The molecule has 2 amide bonds. The molecule has 2 unspecified atom stereocenters. The van der Waals surface area contributed by atoms with E-state index in [0.29, 0.717) is 16.5 Å². The molecule has 15 heteroatoms. The molecule has 2 aliphatic carbocycles. The van der Waals surface area contributed by atoms with Crippen LogP contribution in [-0.4, -0.2) is 56.2 Å². The van der Waals surface area contributed by atoms with Crippen molar-refractivity contribution in [1.29, 1.82) is 0 Å². The van der Waals surface area contributed by atoms with Crippen LogP contribution in [0.2, 0.25) is 5.02 Å². The SMILES string of the molecule is Cn1c(-c2cn([C@@H]3CC3(F)F)nc2C(F)(F)F)cnc1C(=O)Nc1ccc(C(=O)NC2C3CNCC32)c(Cl)c1. The van der Waals surface area contributed by atoms with Crippen LogP contribution in [0.15, 0.2) is 30.6 Å². The van der Waals surface area contributed by atoms with Crippen molar-refractivity contribution in [3.8, 4) is 11.3 Å². The van der Waals surface area contributed by atoms with Crippen LogP contribution in [0.5, 0.6) is 0 Å². The molecule has 3 atom stereocenters. The van der Waals surface area contributed by atoms with E-state index in [1.807, 2.05) is 0 Å². The molecule has 1 saturated heterocycles. The molecule has 0 bridgehead atoms. The van der Waals surface area contributed by atoms with Gasteiger partial charge in [0.15, 0.2) is 11.5 Å². The Labute approximate surface area is 222 Å². The van der Waals surface area contributed by atoms with Gasteiger partial charge >= 0.3 is 6.18 Å². The van der Waals surface area contributed by atoms with Crippen molar-refractivity contribution < 1.29 is 31.5 Å². The minimum absolute atomic E-state index is 0.105. The fourth-order valence-electron chi connectivity index (χ4n) is 5.13. The largest absolute Gasteiger partial charge is 0.435 e. The van der Waals surface area contributed by atoms with Crippen molar-refractivity contribution in [1.82, 2.24) is 30.0 Å². The number of imidazole rings is 1. The zero-order valence-corrected chi connectivity index (χ0v) is 20.9. The van der Waals surface area contributed by atoms with Gasteiger partial charge in [0, 0.05) is 44.5 Å². The minimum Gasteiger partial charge on any atom is -0.349 e. The van der Waals surface area contributed by atoms with Gasteiger partial charge in [0.1, 0.15) is 6.04 Å². The van der Waals surface area contributed by atoms with Crippen LogP contribution in [0.3, 0.4) is 0 Å². The van der Waals surface area contributed by atoms with E-state index in [2.05, 4.69) is 26.0 Å². The molecule has 2 aromatic heterocycles. The predicted molar refractivity (Wildman–Crippen MR) is 129 cm³/mol. The van der Waals surface area contributed by atoms with Gasteiger partial charge in [-0.1, -0.05) is 11.6 Å². The van der Waals surface area contributed by atoms with E-state index in [0.717, 1.165) is 30.1 Å². The van der Waals surface area contributed by atoms with Crippen LogP contribution in [0, 0.1) is 11.8 Å². The quantitative estimate of drug-likeness (QED) is 0.392. The number of amides is 2. The Bertz CT molecular complexity index is 1490. The monoisotopic (exact) mass is 569 g/mol. The van der Waals surface area contributed by atoms with E-state index in [-0.39, 0.29) is 39.7 Å². The van der Waals surface area contributed by atoms with Gasteiger partial charge in [-0.05, 0) is 30.0 Å². The van der Waals surface area contributed by atoms with Crippen molar-refractivity contribution in [2.45, 2.75) is 30.6 Å². The first-order valence-electron chi connectivity index (χ1n) is 12.0. The lowest BCUT2D eigenvalue weighted by Gasteiger charge is -2.11. The predicted octanol–water partition coefficient (Wildman–Crippen LogP) is 3.74. The number of aromatic nitrogens is 4. The lowest BCUT2D eigenvalue weighted by atomic mass is 10.2. The lowest BCUT2D eigenvalue weighted by Crippen LogP contribution is -2.32. The van der Waals surface area contributed by atoms with Crippen LogP contribution in [0.25, 0.3) is 11.3 Å². The van der Waals surface area contributed by atoms with Gasteiger partial charge in [0.2, 0.25) is 0 Å². The first-order chi connectivity index (χ1) is 18.3. The second kappa shape index (κ2) is 8.74. The summed E-state index contributed by atoms with van der Waals surface area (Å²) in [5.41, 5.74) is -1.49. The average molecular weight is 570 g/mol. The normalized spacial score (nSPS) is 24.8. The Hall–Kier alpha value is -3.52. The first-order valence-corrected chi connectivity index (χ1v) is 12.4. The van der Waals surface area contributed by atoms with Crippen molar-refractivity contribution >= 4 is 29.1 Å². The Morgan fingerprint density at radius 3 is 2.49 bits per heavy atom. The van der Waals surface area contributed by atoms with Crippen molar-refractivity contribution in [3.63, 3.8) is 0 Å². The number of carbonyl (C=O) groups excluding carboxylic acids is 2. The van der Waals surface area contributed by atoms with Crippen LogP contribution < -0.4 is 16.0 Å². The molecular weight excluding hydrogens is 549 g/mol. The van der Waals surface area contributed by atoms with E-state index in [1.54, 1.807) is 0 Å². The minimum atomic E-state index is -4.92. The maximum absolute atomic E-state index is 13.7. The highest BCUT2D eigenvalue weighted by molar-refractivity contribution is 6.34. The molecule has 0 spiro atoms. The van der Waals surface area contributed by atoms with Gasteiger partial charge in [0.25, 0.3) is 17.7 Å². The van der Waals surface area contributed by atoms with Gasteiger partial charge < -0.3 is 20.5 Å². The number of hydrogen-bond acceptors (Lipinski definition) is 5. The number of nitrogens with zero attached hydrogens (tertiary/aromatic N) is 4. The molecule has 3 aliphatic rings. The van der Waals surface area contributed by atoms with Crippen LogP contribution in [0.1, 0.15) is 39.1 Å². The number of anilines is 1. The number of piperidine rings is 1. The van der Waals surface area contributed by atoms with Gasteiger partial charge in [0.05, 0.1) is 28.0 Å². The van der Waals surface area contributed by atoms with E-state index in [9.17, 15) is 31.5 Å². The second-order valence-electron chi connectivity index (χ2n) is 10.0. The third-order valence-electron chi connectivity index (χ3n) is 7.44. The Balaban J connectivity index is 1.19. The smallest absolute Gasteiger partial charge is 0.349 e. The summed E-state index contributed by atoms with van der Waals surface area (Å²) >= 11 is 6.29. The number of nitrogens with one attached hydrogen (secondary N) is 3. The van der Waals surface area contributed by atoms with Crippen LogP contribution in [-0.2, 0) is 13.2 Å². The summed E-state index contributed by atoms with van der Waals surface area (Å²) in [4.78, 5) is 29.5. The second-order valence-corrected chi connectivity index (χ2v) is 10.4. The molecule has 1 aliphatic heterocycles. The number of alkyl halides is 5. The highest BCUT2D eigenvalue weighted by Crippen LogP contribution is 2.53. The Morgan fingerprint density at radius 1 is 1.18 bits per heavy atom. The standard InChI is InChI=1S/C24H21ClF5N7O2/c1-36-16(14-9-37(17-5-23(17,26)27)35-19(14)24(28,29)30)8-32-20(36)22(39)33-10-2-3-11(15(25)4-10)21(38)34-18-12-6-31-7-13(12)18/h2-4,8-9,12-13,17-18,31H,5-7H2,1H3,(H,33,39)(H,34,38)/t12?,13?,17-,18?/m1/s1. The van der Waals surface area contributed by atoms with Crippen molar-refractivity contribution in [2.24, 2.45) is 18.9 Å². The summed E-state index contributed by atoms with van der Waals surface area (Å²) in [6.45, 7) is 1.72. The molecule has 3 fully saturated rings. The molecule has 206 valence electrons. The summed E-state index contributed by atoms with van der Waals surface area (Å²) < 4.78 is 69.6. The molecular formula is C24H21ClF5N7O2. The summed E-state index contributed by atoms with van der Waals surface area (Å²) in [5.74, 6) is -3.61. The summed E-state index contributed by atoms with van der Waals surface area (Å²) in [5, 5.41) is 12.2. The molecule has 2 saturated carbocycles. The number of benzene rings is 1. The van der Waals surface area contributed by atoms with Crippen molar-refractivity contribution in [2.75, 3.05) is 18.4 Å². The molecule has 9 nitrogen and oxygen atoms in total. The number of hydrogen-bond donors (Lipinski definition) is 3. The average Bonchev–Trinajstić information content (AvgIpc) is 3.38. The molecule has 3 heterocycles. The van der Waals surface area contributed by atoms with E-state index in [1.165, 1.54) is 25.2 Å². The maximum atomic E-state index is 13.7. The molecule has 3 aromatic rings. The summed E-state index contributed by atoms with van der Waals surface area (Å²) in [6.07, 6.45) is -3.59. The zero-order valence-electron chi connectivity index (χ0n) is 20.2. The van der Waals surface area contributed by atoms with Gasteiger partial charge in [-0.2, -0.15) is 18.3 Å². The highest BCUT2D eigenvalue weighted by Gasteiger charge is 2.59. The number of carbonyl (C=O) groups is 2. The first kappa shape index (κ1) is 25.7. The number of halogens is 6. The lowest BCUT2D eigenvalue weighted by molar-refractivity contribution is -0.141. The van der Waals surface area contributed by atoms with E-state index < -0.39 is 41.7 Å². The number of fused-ring (bicyclic) bond motifs is 1. The molecule has 0 radical (unpaired) electrons. The van der Waals surface area contributed by atoms with Crippen molar-refractivity contribution in [3.05, 3.63) is 52.7 Å². The van der Waals surface area contributed by atoms with Crippen LogP contribution >= 0.6 is 11.6 Å².